The van der Waals surface area contributed by atoms with Crippen LogP contribution in [0.5, 0.6) is 5.75 Å². The minimum absolute atomic E-state index is 0.121. The van der Waals surface area contributed by atoms with Crippen LogP contribution in [-0.4, -0.2) is 52.6 Å². The number of hydrogen-bond donors (Lipinski definition) is 2. The van der Waals surface area contributed by atoms with Gasteiger partial charge >= 0.3 is 6.09 Å². The number of benzene rings is 2. The van der Waals surface area contributed by atoms with E-state index in [1.807, 2.05) is 33.8 Å². The number of aromatic nitrogens is 1. The van der Waals surface area contributed by atoms with Gasteiger partial charge in [-0.15, -0.1) is 0 Å². The van der Waals surface area contributed by atoms with Crippen LogP contribution >= 0.6 is 0 Å². The van der Waals surface area contributed by atoms with Gasteiger partial charge in [0.1, 0.15) is 18.0 Å². The lowest BCUT2D eigenvalue weighted by Gasteiger charge is -2.28. The van der Waals surface area contributed by atoms with Gasteiger partial charge in [-0.2, -0.15) is 5.26 Å². The first kappa shape index (κ1) is 32.0. The third kappa shape index (κ3) is 8.13. The van der Waals surface area contributed by atoms with Crippen LogP contribution in [-0.2, 0) is 10.2 Å². The molecule has 2 heterocycles. The van der Waals surface area contributed by atoms with E-state index in [0.29, 0.717) is 34.8 Å². The molecular weight excluding hydrogens is 558 g/mol. The fourth-order valence-electron chi connectivity index (χ4n) is 4.79. The Balaban J connectivity index is 1.40. The number of carbonyl (C=O) groups excluding carboxylic acids is 3. The number of nitriles is 1. The maximum absolute atomic E-state index is 13.3. The van der Waals surface area contributed by atoms with E-state index in [9.17, 15) is 19.6 Å². The molecule has 1 unspecified atom stereocenters. The molecule has 1 fully saturated rings. The number of hydrogen-bond acceptors (Lipinski definition) is 7. The molecule has 44 heavy (non-hydrogen) atoms. The highest BCUT2D eigenvalue weighted by atomic mass is 16.6. The Bertz CT molecular complexity index is 1590. The molecule has 0 radical (unpaired) electrons. The molecule has 230 valence electrons. The van der Waals surface area contributed by atoms with Crippen molar-refractivity contribution in [3.63, 3.8) is 0 Å². The Morgan fingerprint density at radius 1 is 1.00 bits per heavy atom. The summed E-state index contributed by atoms with van der Waals surface area (Å²) in [5.74, 6) is -0.266. The number of anilines is 2. The second-order valence-corrected chi connectivity index (χ2v) is 12.4. The monoisotopic (exact) mass is 597 g/mol. The highest BCUT2D eigenvalue weighted by Crippen LogP contribution is 2.25. The Morgan fingerprint density at radius 2 is 1.75 bits per heavy atom. The molecule has 1 aliphatic rings. The van der Waals surface area contributed by atoms with Crippen LogP contribution in [0, 0.1) is 18.3 Å². The van der Waals surface area contributed by atoms with Gasteiger partial charge in [0.05, 0.1) is 35.6 Å². The number of nitrogens with one attached hydrogen (secondary N) is 2. The van der Waals surface area contributed by atoms with Crippen molar-refractivity contribution < 1.29 is 23.9 Å². The average Bonchev–Trinajstić information content (AvgIpc) is 3.45. The zero-order valence-electron chi connectivity index (χ0n) is 26.1. The molecule has 10 heteroatoms. The molecule has 1 atom stereocenters. The van der Waals surface area contributed by atoms with Gasteiger partial charge in [-0.3, -0.25) is 14.6 Å². The van der Waals surface area contributed by atoms with Crippen molar-refractivity contribution >= 4 is 29.3 Å². The van der Waals surface area contributed by atoms with Gasteiger partial charge < -0.3 is 25.0 Å². The van der Waals surface area contributed by atoms with Crippen molar-refractivity contribution in [1.29, 1.82) is 5.26 Å². The minimum Gasteiger partial charge on any atom is -0.490 e. The van der Waals surface area contributed by atoms with Crippen LogP contribution in [0.2, 0.25) is 0 Å². The van der Waals surface area contributed by atoms with Crippen LogP contribution in [0.1, 0.15) is 79.3 Å². The molecule has 10 nitrogen and oxygen atoms in total. The zero-order chi connectivity index (χ0) is 32.1. The van der Waals surface area contributed by atoms with Gasteiger partial charge in [-0.1, -0.05) is 18.2 Å². The Kier molecular flexibility index (Phi) is 9.58. The highest BCUT2D eigenvalue weighted by Gasteiger charge is 2.32. The summed E-state index contributed by atoms with van der Waals surface area (Å²) < 4.78 is 11.5. The van der Waals surface area contributed by atoms with Gasteiger partial charge in [0, 0.05) is 29.4 Å². The van der Waals surface area contributed by atoms with Crippen LogP contribution in [0.15, 0.2) is 60.9 Å². The quantitative estimate of drug-likeness (QED) is 0.304. The Morgan fingerprint density at radius 3 is 2.48 bits per heavy atom. The van der Waals surface area contributed by atoms with Crippen LogP contribution < -0.4 is 15.4 Å². The third-order valence-corrected chi connectivity index (χ3v) is 7.28. The minimum atomic E-state index is -0.737. The molecule has 3 amide bonds. The lowest BCUT2D eigenvalue weighted by Crippen LogP contribution is -2.42. The number of aryl methyl sites for hydroxylation is 1. The number of rotatable bonds is 8. The molecule has 4 rings (SSSR count). The fraction of sp³-hybridized carbons (Fsp3) is 0.382. The molecular formula is C34H39N5O5. The van der Waals surface area contributed by atoms with Crippen LogP contribution in [0.25, 0.3) is 0 Å². The molecule has 2 aromatic carbocycles. The second-order valence-electron chi connectivity index (χ2n) is 12.4. The summed E-state index contributed by atoms with van der Waals surface area (Å²) in [5.41, 5.74) is 1.83. The number of nitrogens with zero attached hydrogens (tertiary/aromatic N) is 3. The molecule has 2 N–H and O–H groups in total. The normalized spacial score (nSPS) is 14.8. The summed E-state index contributed by atoms with van der Waals surface area (Å²) in [5, 5.41) is 15.2. The largest absolute Gasteiger partial charge is 0.490 e. The number of likely N-dealkylation sites (tertiary alicyclic amines) is 1. The van der Waals surface area contributed by atoms with Crippen molar-refractivity contribution in [2.75, 3.05) is 23.8 Å². The number of ether oxygens (including phenoxy) is 2. The maximum Gasteiger partial charge on any atom is 0.410 e. The molecule has 1 aromatic heterocycles. The smallest absolute Gasteiger partial charge is 0.410 e. The first-order valence-corrected chi connectivity index (χ1v) is 14.6. The van der Waals surface area contributed by atoms with Gasteiger partial charge in [0.15, 0.2) is 0 Å². The van der Waals surface area contributed by atoms with Crippen molar-refractivity contribution in [1.82, 2.24) is 9.88 Å². The molecule has 0 aliphatic carbocycles. The average molecular weight is 598 g/mol. The molecule has 0 bridgehead atoms. The van der Waals surface area contributed by atoms with E-state index in [4.69, 9.17) is 9.47 Å². The van der Waals surface area contributed by atoms with Gasteiger partial charge in [0.25, 0.3) is 11.8 Å². The molecule has 0 spiro atoms. The SMILES string of the molecule is Cc1ccc(NC(=O)c2cccc(C(C)(C)C#N)c2)cc1C(=O)Nc1cncc(OCC2CCCN2C(=O)OC(C)(C)C)c1. The van der Waals surface area contributed by atoms with Gasteiger partial charge in [-0.25, -0.2) is 4.79 Å². The summed E-state index contributed by atoms with van der Waals surface area (Å²) in [6.45, 7) is 11.8. The van der Waals surface area contributed by atoms with E-state index in [0.717, 1.165) is 24.0 Å². The first-order valence-electron chi connectivity index (χ1n) is 14.6. The maximum atomic E-state index is 13.3. The van der Waals surface area contributed by atoms with Crippen LogP contribution in [0.4, 0.5) is 16.2 Å². The Hall–Kier alpha value is -4.91. The standard InChI is InChI=1S/C34H39N5O5/c1-22-12-13-25(37-30(40)23-9-7-10-24(15-23)34(5,6)21-35)17-29(22)31(41)38-26-16-28(19-36-18-26)43-20-27-11-8-14-39(27)32(42)44-33(2,3)4/h7,9-10,12-13,15-19,27H,8,11,14,20H2,1-6H3,(H,37,40)(H,38,41). The summed E-state index contributed by atoms with van der Waals surface area (Å²) in [6, 6.07) is 15.8. The Labute approximate surface area is 258 Å². The zero-order valence-corrected chi connectivity index (χ0v) is 26.1. The summed E-state index contributed by atoms with van der Waals surface area (Å²) >= 11 is 0. The van der Waals surface area contributed by atoms with E-state index >= 15 is 0 Å². The lowest BCUT2D eigenvalue weighted by atomic mass is 9.85. The number of amides is 3. The third-order valence-electron chi connectivity index (χ3n) is 7.28. The van der Waals surface area contributed by atoms with Crippen molar-refractivity contribution in [3.05, 3.63) is 83.2 Å². The fourth-order valence-corrected chi connectivity index (χ4v) is 4.79. The van der Waals surface area contributed by atoms with E-state index in [-0.39, 0.29) is 30.6 Å². The van der Waals surface area contributed by atoms with E-state index < -0.39 is 11.0 Å². The predicted molar refractivity (Wildman–Crippen MR) is 168 cm³/mol. The number of carbonyl (C=O) groups is 3. The molecule has 1 saturated heterocycles. The van der Waals surface area contributed by atoms with Gasteiger partial charge in [0.2, 0.25) is 0 Å². The van der Waals surface area contributed by atoms with Crippen LogP contribution in [0.3, 0.4) is 0 Å². The summed E-state index contributed by atoms with van der Waals surface area (Å²) in [7, 11) is 0. The second kappa shape index (κ2) is 13.2. The van der Waals surface area contributed by atoms with E-state index in [2.05, 4.69) is 21.7 Å². The molecule has 3 aromatic rings. The number of pyridine rings is 1. The summed E-state index contributed by atoms with van der Waals surface area (Å²) in [4.78, 5) is 44.8. The molecule has 1 aliphatic heterocycles. The first-order chi connectivity index (χ1) is 20.8. The lowest BCUT2D eigenvalue weighted by molar-refractivity contribution is 0.0187. The topological polar surface area (TPSA) is 134 Å². The summed E-state index contributed by atoms with van der Waals surface area (Å²) in [6.07, 6.45) is 4.39. The highest BCUT2D eigenvalue weighted by molar-refractivity contribution is 6.08. The molecule has 0 saturated carbocycles. The van der Waals surface area contributed by atoms with E-state index in [1.165, 1.54) is 6.20 Å². The van der Waals surface area contributed by atoms with Crippen molar-refractivity contribution in [3.8, 4) is 11.8 Å². The predicted octanol–water partition coefficient (Wildman–Crippen LogP) is 6.47. The van der Waals surface area contributed by atoms with Gasteiger partial charge in [-0.05, 0) is 89.8 Å². The van der Waals surface area contributed by atoms with Crippen molar-refractivity contribution in [2.24, 2.45) is 0 Å². The van der Waals surface area contributed by atoms with E-state index in [1.54, 1.807) is 67.4 Å². The van der Waals surface area contributed by atoms with Crippen molar-refractivity contribution in [2.45, 2.75) is 71.4 Å².